The van der Waals surface area contributed by atoms with E-state index in [0.717, 1.165) is 11.4 Å². The van der Waals surface area contributed by atoms with Gasteiger partial charge in [0.25, 0.3) is 0 Å². The molecule has 0 spiro atoms. The molecule has 0 saturated heterocycles. The molecule has 1 unspecified atom stereocenters. The van der Waals surface area contributed by atoms with Gasteiger partial charge in [-0.1, -0.05) is 18.6 Å². The van der Waals surface area contributed by atoms with Gasteiger partial charge in [-0.2, -0.15) is 0 Å². The molecule has 0 bridgehead atoms. The van der Waals surface area contributed by atoms with Crippen LogP contribution in [-0.4, -0.2) is 12.0 Å². The number of hydrogen-bond acceptors (Lipinski definition) is 3. The molecular weight excluding hydrogens is 306 g/mol. The van der Waals surface area contributed by atoms with Crippen molar-refractivity contribution >= 4 is 22.9 Å². The average molecular weight is 327 g/mol. The molecule has 1 aromatic carbocycles. The Morgan fingerprint density at radius 2 is 1.83 bits per heavy atom. The lowest BCUT2D eigenvalue weighted by molar-refractivity contribution is -0.116. The lowest BCUT2D eigenvalue weighted by atomic mass is 9.90. The van der Waals surface area contributed by atoms with Crippen LogP contribution in [0.4, 0.5) is 5.69 Å². The van der Waals surface area contributed by atoms with E-state index < -0.39 is 0 Å². The first kappa shape index (κ1) is 14.8. The predicted molar refractivity (Wildman–Crippen MR) is 93.4 cm³/mol. The molecule has 4 heteroatoms. The van der Waals surface area contributed by atoms with Crippen LogP contribution in [0.25, 0.3) is 0 Å². The van der Waals surface area contributed by atoms with Gasteiger partial charge in [0.15, 0.2) is 0 Å². The van der Waals surface area contributed by atoms with E-state index in [1.54, 1.807) is 11.3 Å². The summed E-state index contributed by atoms with van der Waals surface area (Å²) in [5.74, 6) is 1.22. The van der Waals surface area contributed by atoms with Gasteiger partial charge >= 0.3 is 0 Å². The predicted octanol–water partition coefficient (Wildman–Crippen LogP) is 4.93. The third kappa shape index (κ3) is 3.13. The number of carbonyl (C=O) groups excluding carboxylic acids is 1. The van der Waals surface area contributed by atoms with Gasteiger partial charge in [0.05, 0.1) is 11.8 Å². The molecule has 120 valence electrons. The van der Waals surface area contributed by atoms with Crippen molar-refractivity contribution in [3.63, 3.8) is 0 Å². The first-order valence-electron chi connectivity index (χ1n) is 8.43. The van der Waals surface area contributed by atoms with E-state index in [2.05, 4.69) is 29.6 Å². The van der Waals surface area contributed by atoms with Crippen LogP contribution in [-0.2, 0) is 4.79 Å². The molecule has 2 aromatic rings. The minimum absolute atomic E-state index is 0.100. The SMILES string of the molecule is O=C1CC(c2ccc(OC3CCCCC3)cc2)c2sccc2N1. The highest BCUT2D eigenvalue weighted by Gasteiger charge is 2.27. The number of ether oxygens (including phenoxy) is 1. The molecule has 1 atom stereocenters. The normalized spacial score (nSPS) is 21.6. The summed E-state index contributed by atoms with van der Waals surface area (Å²) in [5.41, 5.74) is 2.17. The molecule has 1 saturated carbocycles. The van der Waals surface area contributed by atoms with Crippen molar-refractivity contribution in [3.8, 4) is 5.75 Å². The van der Waals surface area contributed by atoms with Crippen LogP contribution in [0.5, 0.6) is 5.75 Å². The fourth-order valence-corrected chi connectivity index (χ4v) is 4.58. The van der Waals surface area contributed by atoms with Crippen molar-refractivity contribution in [1.82, 2.24) is 0 Å². The minimum Gasteiger partial charge on any atom is -0.490 e. The Labute approximate surface area is 140 Å². The quantitative estimate of drug-likeness (QED) is 0.867. The van der Waals surface area contributed by atoms with E-state index in [1.165, 1.54) is 42.5 Å². The van der Waals surface area contributed by atoms with Gasteiger partial charge in [-0.25, -0.2) is 0 Å². The van der Waals surface area contributed by atoms with Crippen LogP contribution in [0.15, 0.2) is 35.7 Å². The Kier molecular flexibility index (Phi) is 4.08. The van der Waals surface area contributed by atoms with Crippen LogP contribution in [0.2, 0.25) is 0 Å². The summed E-state index contributed by atoms with van der Waals surface area (Å²) in [5, 5.41) is 5.00. The molecule has 1 fully saturated rings. The molecule has 1 aliphatic heterocycles. The van der Waals surface area contributed by atoms with Crippen LogP contribution < -0.4 is 10.1 Å². The van der Waals surface area contributed by atoms with Gasteiger partial charge in [-0.15, -0.1) is 11.3 Å². The van der Waals surface area contributed by atoms with Gasteiger partial charge < -0.3 is 10.1 Å². The first-order valence-corrected chi connectivity index (χ1v) is 9.31. The second kappa shape index (κ2) is 6.36. The van der Waals surface area contributed by atoms with Gasteiger partial charge in [-0.05, 0) is 54.8 Å². The maximum atomic E-state index is 11.9. The van der Waals surface area contributed by atoms with Crippen molar-refractivity contribution in [2.45, 2.75) is 50.5 Å². The number of benzene rings is 1. The minimum atomic E-state index is 0.100. The van der Waals surface area contributed by atoms with Crippen LogP contribution >= 0.6 is 11.3 Å². The molecule has 23 heavy (non-hydrogen) atoms. The number of fused-ring (bicyclic) bond motifs is 1. The van der Waals surface area contributed by atoms with Gasteiger partial charge in [0.2, 0.25) is 5.91 Å². The molecule has 2 heterocycles. The smallest absolute Gasteiger partial charge is 0.225 e. The summed E-state index contributed by atoms with van der Waals surface area (Å²) in [4.78, 5) is 13.2. The highest BCUT2D eigenvalue weighted by atomic mass is 32.1. The molecule has 3 nitrogen and oxygen atoms in total. The van der Waals surface area contributed by atoms with Gasteiger partial charge in [-0.3, -0.25) is 4.79 Å². The van der Waals surface area contributed by atoms with E-state index >= 15 is 0 Å². The summed E-state index contributed by atoms with van der Waals surface area (Å²) in [6, 6.07) is 10.3. The molecule has 1 amide bonds. The summed E-state index contributed by atoms with van der Waals surface area (Å²) in [6.07, 6.45) is 7.13. The number of carbonyl (C=O) groups is 1. The molecule has 2 aliphatic rings. The molecule has 1 aliphatic carbocycles. The van der Waals surface area contributed by atoms with Crippen LogP contribution in [0.3, 0.4) is 0 Å². The average Bonchev–Trinajstić information content (AvgIpc) is 3.04. The zero-order chi connectivity index (χ0) is 15.6. The van der Waals surface area contributed by atoms with Crippen molar-refractivity contribution < 1.29 is 9.53 Å². The van der Waals surface area contributed by atoms with Gasteiger partial charge in [0, 0.05) is 17.2 Å². The molecule has 0 radical (unpaired) electrons. The molecular formula is C19H21NO2S. The Balaban J connectivity index is 1.51. The monoisotopic (exact) mass is 327 g/mol. The Hall–Kier alpha value is -1.81. The van der Waals surface area contributed by atoms with Gasteiger partial charge in [0.1, 0.15) is 5.75 Å². The number of anilines is 1. The first-order chi connectivity index (χ1) is 11.3. The topological polar surface area (TPSA) is 38.3 Å². The largest absolute Gasteiger partial charge is 0.490 e. The number of rotatable bonds is 3. The Morgan fingerprint density at radius 3 is 2.61 bits per heavy atom. The zero-order valence-corrected chi connectivity index (χ0v) is 13.9. The van der Waals surface area contributed by atoms with Crippen molar-refractivity contribution in [2.24, 2.45) is 0 Å². The fourth-order valence-electron chi connectivity index (χ4n) is 3.60. The second-order valence-corrected chi connectivity index (χ2v) is 7.40. The summed E-state index contributed by atoms with van der Waals surface area (Å²) >= 11 is 1.72. The highest BCUT2D eigenvalue weighted by molar-refractivity contribution is 7.10. The Morgan fingerprint density at radius 1 is 1.04 bits per heavy atom. The van der Waals surface area contributed by atoms with Crippen molar-refractivity contribution in [2.75, 3.05) is 5.32 Å². The maximum Gasteiger partial charge on any atom is 0.225 e. The van der Waals surface area contributed by atoms with E-state index in [4.69, 9.17) is 4.74 Å². The third-order valence-electron chi connectivity index (χ3n) is 4.81. The standard InChI is InChI=1S/C19H21NO2S/c21-18-12-16(19-17(20-18)10-11-23-19)13-6-8-15(9-7-13)22-14-4-2-1-3-5-14/h6-11,14,16H,1-5,12H2,(H,20,21). The third-order valence-corrected chi connectivity index (χ3v) is 5.84. The van der Waals surface area contributed by atoms with E-state index in [9.17, 15) is 4.79 Å². The molecule has 1 aromatic heterocycles. The summed E-state index contributed by atoms with van der Waals surface area (Å²) < 4.78 is 6.10. The van der Waals surface area contributed by atoms with Crippen LogP contribution in [0, 0.1) is 0 Å². The zero-order valence-electron chi connectivity index (χ0n) is 13.1. The van der Waals surface area contributed by atoms with E-state index in [0.29, 0.717) is 12.5 Å². The number of hydrogen-bond donors (Lipinski definition) is 1. The number of thiophene rings is 1. The van der Waals surface area contributed by atoms with E-state index in [-0.39, 0.29) is 11.8 Å². The van der Waals surface area contributed by atoms with Crippen LogP contribution in [0.1, 0.15) is 54.9 Å². The van der Waals surface area contributed by atoms with E-state index in [1.807, 2.05) is 11.4 Å². The second-order valence-electron chi connectivity index (χ2n) is 6.45. The maximum absolute atomic E-state index is 11.9. The fraction of sp³-hybridized carbons (Fsp3) is 0.421. The molecule has 4 rings (SSSR count). The summed E-state index contributed by atoms with van der Waals surface area (Å²) in [7, 11) is 0. The lowest BCUT2D eigenvalue weighted by Crippen LogP contribution is -2.22. The summed E-state index contributed by atoms with van der Waals surface area (Å²) in [6.45, 7) is 0. The number of nitrogens with one attached hydrogen (secondary N) is 1. The molecule has 1 N–H and O–H groups in total. The van der Waals surface area contributed by atoms with Crippen molar-refractivity contribution in [3.05, 3.63) is 46.2 Å². The van der Waals surface area contributed by atoms with Crippen molar-refractivity contribution in [1.29, 1.82) is 0 Å². The lowest BCUT2D eigenvalue weighted by Gasteiger charge is -2.24. The Bertz CT molecular complexity index is 686. The highest BCUT2D eigenvalue weighted by Crippen LogP contribution is 2.40. The number of amides is 1.